The van der Waals surface area contributed by atoms with Gasteiger partial charge in [-0.1, -0.05) is 70.5 Å². The first-order valence-corrected chi connectivity index (χ1v) is 14.7. The van der Waals surface area contributed by atoms with E-state index in [0.717, 1.165) is 69.1 Å². The Morgan fingerprint density at radius 2 is 1.67 bits per heavy atom. The number of aromatic nitrogens is 1. The van der Waals surface area contributed by atoms with Crippen LogP contribution < -0.4 is 9.80 Å². The maximum atomic E-state index is 12.8. The highest BCUT2D eigenvalue weighted by Crippen LogP contribution is 2.44. The molecule has 1 fully saturated rings. The molecule has 196 valence electrons. The fraction of sp³-hybridized carbons (Fsp3) is 0.265. The van der Waals surface area contributed by atoms with Gasteiger partial charge in [-0.05, 0) is 70.6 Å². The molecular formula is C34H32BrN3O. The average Bonchev–Trinajstić information content (AvgIpc) is 3.49. The van der Waals surface area contributed by atoms with Gasteiger partial charge in [-0.25, -0.2) is 4.98 Å². The number of rotatable bonds is 4. The van der Waals surface area contributed by atoms with Crippen molar-refractivity contribution in [1.29, 1.82) is 0 Å². The highest BCUT2D eigenvalue weighted by molar-refractivity contribution is 9.10. The molecule has 1 N–H and O–H groups in total. The van der Waals surface area contributed by atoms with Crippen LogP contribution >= 0.6 is 15.9 Å². The molecule has 0 amide bonds. The van der Waals surface area contributed by atoms with Gasteiger partial charge >= 0.3 is 0 Å². The number of hydrogen-bond acceptors (Lipinski definition) is 4. The molecule has 1 atom stereocenters. The van der Waals surface area contributed by atoms with Crippen molar-refractivity contribution in [3.8, 4) is 0 Å². The largest absolute Gasteiger partial charge is 0.380 e. The molecule has 0 aliphatic carbocycles. The Kier molecular flexibility index (Phi) is 6.09. The average molecular weight is 579 g/mol. The Hall–Kier alpha value is -3.41. The topological polar surface area (TPSA) is 39.6 Å². The van der Waals surface area contributed by atoms with Crippen molar-refractivity contribution in [3.05, 3.63) is 112 Å². The molecule has 5 heteroatoms. The molecule has 5 aromatic rings. The zero-order valence-corrected chi connectivity index (χ0v) is 23.8. The molecular weight excluding hydrogens is 546 g/mol. The van der Waals surface area contributed by atoms with Gasteiger partial charge in [0.2, 0.25) is 0 Å². The van der Waals surface area contributed by atoms with Crippen molar-refractivity contribution < 1.29 is 5.11 Å². The number of nitrogens with zero attached hydrogens (tertiary/aromatic N) is 3. The van der Waals surface area contributed by atoms with Crippen molar-refractivity contribution in [3.63, 3.8) is 0 Å². The zero-order chi connectivity index (χ0) is 26.6. The van der Waals surface area contributed by atoms with E-state index in [1.165, 1.54) is 29.7 Å². The first-order chi connectivity index (χ1) is 19.0. The van der Waals surface area contributed by atoms with Gasteiger partial charge in [-0.15, -0.1) is 0 Å². The Balaban J connectivity index is 1.47. The van der Waals surface area contributed by atoms with E-state index >= 15 is 0 Å². The minimum absolute atomic E-state index is 0.573. The van der Waals surface area contributed by atoms with Gasteiger partial charge in [0.25, 0.3) is 0 Å². The van der Waals surface area contributed by atoms with Gasteiger partial charge in [0.05, 0.1) is 5.52 Å². The number of pyridine rings is 1. The standard InChI is InChI=1S/C34H32BrN3O/c1-37-17-14-34(39,30-11-7-10-24-12-13-28(37)22-29(24)30)31-21-27(35)20-25-19-26(18-23-8-3-2-4-9-23)33(36-32(25)31)38-15-5-6-16-38/h2-4,7-13,19-22,39H,5-6,14-18H2,1H3. The van der Waals surface area contributed by atoms with E-state index in [2.05, 4.69) is 118 Å². The Bertz CT molecular complexity index is 1700. The quantitative estimate of drug-likeness (QED) is 0.241. The van der Waals surface area contributed by atoms with Crippen LogP contribution in [0.3, 0.4) is 0 Å². The molecule has 2 aliphatic heterocycles. The van der Waals surface area contributed by atoms with Crippen LogP contribution in [0.4, 0.5) is 11.5 Å². The second kappa shape index (κ2) is 9.65. The van der Waals surface area contributed by atoms with Gasteiger partial charge in [0, 0.05) is 60.6 Å². The third-order valence-electron chi connectivity index (χ3n) is 8.59. The molecule has 4 aromatic carbocycles. The first kappa shape index (κ1) is 24.6. The zero-order valence-electron chi connectivity index (χ0n) is 22.2. The van der Waals surface area contributed by atoms with E-state index < -0.39 is 5.60 Å². The van der Waals surface area contributed by atoms with E-state index in [-0.39, 0.29) is 0 Å². The molecule has 1 unspecified atom stereocenters. The lowest BCUT2D eigenvalue weighted by Crippen LogP contribution is -2.35. The van der Waals surface area contributed by atoms with Crippen LogP contribution in [0.1, 0.15) is 41.5 Å². The summed E-state index contributed by atoms with van der Waals surface area (Å²) in [6.07, 6.45) is 3.78. The molecule has 1 saturated heterocycles. The van der Waals surface area contributed by atoms with Gasteiger partial charge < -0.3 is 14.9 Å². The highest BCUT2D eigenvalue weighted by atomic mass is 79.9. The van der Waals surface area contributed by atoms with Crippen molar-refractivity contribution in [2.45, 2.75) is 31.3 Å². The molecule has 0 saturated carbocycles. The predicted molar refractivity (Wildman–Crippen MR) is 165 cm³/mol. The van der Waals surface area contributed by atoms with E-state index in [1.54, 1.807) is 0 Å². The molecule has 1 aromatic heterocycles. The fourth-order valence-corrected chi connectivity index (χ4v) is 6.96. The molecule has 7 rings (SSSR count). The SMILES string of the molecule is CN1CCC(O)(c2cc(Br)cc3cc(Cc4ccccc4)c(N4CCCC4)nc23)c2cccc3ccc1cc23. The normalized spacial score (nSPS) is 19.2. The third kappa shape index (κ3) is 4.29. The first-order valence-electron chi connectivity index (χ1n) is 13.9. The van der Waals surface area contributed by atoms with Crippen LogP contribution in [0.25, 0.3) is 21.7 Å². The van der Waals surface area contributed by atoms with E-state index in [0.29, 0.717) is 6.42 Å². The predicted octanol–water partition coefficient (Wildman–Crippen LogP) is 7.42. The number of benzene rings is 4. The summed E-state index contributed by atoms with van der Waals surface area (Å²) in [6.45, 7) is 2.77. The van der Waals surface area contributed by atoms with Crippen molar-refractivity contribution in [2.75, 3.05) is 36.5 Å². The van der Waals surface area contributed by atoms with Crippen LogP contribution in [0.2, 0.25) is 0 Å². The van der Waals surface area contributed by atoms with Crippen molar-refractivity contribution >= 4 is 49.1 Å². The summed E-state index contributed by atoms with van der Waals surface area (Å²) < 4.78 is 0.955. The third-order valence-corrected chi connectivity index (χ3v) is 9.05. The summed E-state index contributed by atoms with van der Waals surface area (Å²) in [4.78, 5) is 10.1. The minimum atomic E-state index is -1.19. The molecule has 2 bridgehead atoms. The highest BCUT2D eigenvalue weighted by Gasteiger charge is 2.37. The van der Waals surface area contributed by atoms with Gasteiger partial charge in [-0.2, -0.15) is 0 Å². The number of aliphatic hydroxyl groups is 1. The van der Waals surface area contributed by atoms with Crippen LogP contribution in [0, 0.1) is 0 Å². The molecule has 39 heavy (non-hydrogen) atoms. The van der Waals surface area contributed by atoms with E-state index in [4.69, 9.17) is 4.98 Å². The summed E-state index contributed by atoms with van der Waals surface area (Å²) >= 11 is 3.79. The molecule has 3 heterocycles. The summed E-state index contributed by atoms with van der Waals surface area (Å²) in [5.41, 5.74) is 5.21. The molecule has 2 aliphatic rings. The monoisotopic (exact) mass is 577 g/mol. The van der Waals surface area contributed by atoms with E-state index in [9.17, 15) is 5.11 Å². The fourth-order valence-electron chi connectivity index (χ4n) is 6.48. The smallest absolute Gasteiger partial charge is 0.132 e. The Morgan fingerprint density at radius 1 is 0.846 bits per heavy atom. The van der Waals surface area contributed by atoms with Gasteiger partial charge in [-0.3, -0.25) is 0 Å². The summed E-state index contributed by atoms with van der Waals surface area (Å²) in [5, 5.41) is 16.1. The van der Waals surface area contributed by atoms with E-state index in [1.807, 2.05) is 0 Å². The lowest BCUT2D eigenvalue weighted by Gasteiger charge is -2.36. The van der Waals surface area contributed by atoms with Crippen LogP contribution in [0.5, 0.6) is 0 Å². The summed E-state index contributed by atoms with van der Waals surface area (Å²) in [6, 6.07) is 30.0. The van der Waals surface area contributed by atoms with Crippen LogP contribution in [-0.2, 0) is 12.0 Å². The molecule has 0 radical (unpaired) electrons. The molecule has 4 nitrogen and oxygen atoms in total. The lowest BCUT2D eigenvalue weighted by molar-refractivity contribution is 0.0759. The molecule has 0 spiro atoms. The number of fused-ring (bicyclic) bond motifs is 2. The van der Waals surface area contributed by atoms with Gasteiger partial charge in [0.15, 0.2) is 0 Å². The maximum Gasteiger partial charge on any atom is 0.132 e. The van der Waals surface area contributed by atoms with Crippen LogP contribution in [0.15, 0.2) is 89.4 Å². The van der Waals surface area contributed by atoms with Gasteiger partial charge in [0.1, 0.15) is 11.4 Å². The summed E-state index contributed by atoms with van der Waals surface area (Å²) in [7, 11) is 2.11. The number of halogens is 1. The van der Waals surface area contributed by atoms with Crippen molar-refractivity contribution in [1.82, 2.24) is 4.98 Å². The number of anilines is 2. The van der Waals surface area contributed by atoms with Crippen molar-refractivity contribution in [2.24, 2.45) is 0 Å². The Morgan fingerprint density at radius 3 is 2.49 bits per heavy atom. The second-order valence-corrected chi connectivity index (χ2v) is 12.0. The Labute approximate surface area is 238 Å². The summed E-state index contributed by atoms with van der Waals surface area (Å²) in [5.74, 6) is 1.05. The lowest BCUT2D eigenvalue weighted by atomic mass is 9.79. The maximum absolute atomic E-state index is 12.8. The van der Waals surface area contributed by atoms with Crippen LogP contribution in [-0.4, -0.2) is 36.8 Å². The second-order valence-electron chi connectivity index (χ2n) is 11.1. The number of hydrogen-bond donors (Lipinski definition) is 1. The minimum Gasteiger partial charge on any atom is -0.380 e.